The molecule has 0 spiro atoms. The molecule has 0 saturated carbocycles. The molecule has 114 valence electrons. The number of anilines is 1. The lowest BCUT2D eigenvalue weighted by atomic mass is 10.1. The topological polar surface area (TPSA) is 81.4 Å². The lowest BCUT2D eigenvalue weighted by molar-refractivity contribution is 0.0998. The van der Waals surface area contributed by atoms with Crippen molar-refractivity contribution in [2.45, 2.75) is 0 Å². The predicted molar refractivity (Wildman–Crippen MR) is 85.9 cm³/mol. The number of carbonyl (C=O) groups is 2. The van der Waals surface area contributed by atoms with Gasteiger partial charge in [0.1, 0.15) is 5.75 Å². The molecular formula is C15H12Cl2N2O3. The number of carbonyl (C=O) groups excluding carboxylic acids is 2. The second kappa shape index (κ2) is 6.68. The van der Waals surface area contributed by atoms with E-state index < -0.39 is 11.8 Å². The monoisotopic (exact) mass is 338 g/mol. The van der Waals surface area contributed by atoms with E-state index in [0.717, 1.165) is 0 Å². The Kier molecular flexibility index (Phi) is 4.90. The van der Waals surface area contributed by atoms with E-state index in [2.05, 4.69) is 5.32 Å². The zero-order valence-corrected chi connectivity index (χ0v) is 13.0. The van der Waals surface area contributed by atoms with Gasteiger partial charge in [-0.2, -0.15) is 0 Å². The van der Waals surface area contributed by atoms with E-state index in [1.807, 2.05) is 0 Å². The van der Waals surface area contributed by atoms with Gasteiger partial charge in [-0.05, 0) is 30.3 Å². The number of hydrogen-bond acceptors (Lipinski definition) is 3. The van der Waals surface area contributed by atoms with Crippen molar-refractivity contribution in [2.24, 2.45) is 5.73 Å². The predicted octanol–water partition coefficient (Wildman–Crippen LogP) is 3.35. The zero-order valence-electron chi connectivity index (χ0n) is 11.5. The fourth-order valence-electron chi connectivity index (χ4n) is 1.78. The van der Waals surface area contributed by atoms with Crippen LogP contribution in [0.25, 0.3) is 0 Å². The van der Waals surface area contributed by atoms with Crippen molar-refractivity contribution in [3.8, 4) is 5.75 Å². The van der Waals surface area contributed by atoms with Crippen molar-refractivity contribution >= 4 is 40.7 Å². The van der Waals surface area contributed by atoms with Gasteiger partial charge in [-0.25, -0.2) is 0 Å². The van der Waals surface area contributed by atoms with Crippen LogP contribution in [0.5, 0.6) is 5.75 Å². The Labute approximate surface area is 137 Å². The van der Waals surface area contributed by atoms with E-state index in [1.165, 1.54) is 31.4 Å². The number of amides is 2. The van der Waals surface area contributed by atoms with E-state index in [4.69, 9.17) is 33.7 Å². The second-order valence-electron chi connectivity index (χ2n) is 4.36. The van der Waals surface area contributed by atoms with E-state index in [0.29, 0.717) is 17.0 Å². The summed E-state index contributed by atoms with van der Waals surface area (Å²) in [6.45, 7) is 0. The highest BCUT2D eigenvalue weighted by atomic mass is 35.5. The van der Waals surface area contributed by atoms with Crippen molar-refractivity contribution in [1.82, 2.24) is 0 Å². The standard InChI is InChI=1S/C15H12Cl2N2O3/c1-22-13-7-11(16)10(6-12(13)17)15(21)19-9-4-2-8(3-5-9)14(18)20/h2-7H,1H3,(H2,18,20)(H,19,21). The maximum atomic E-state index is 12.2. The van der Waals surface area contributed by atoms with Crippen LogP contribution < -0.4 is 15.8 Å². The van der Waals surface area contributed by atoms with Gasteiger partial charge in [-0.3, -0.25) is 9.59 Å². The third-order valence-electron chi connectivity index (χ3n) is 2.91. The second-order valence-corrected chi connectivity index (χ2v) is 5.18. The molecule has 0 aliphatic carbocycles. The molecule has 0 aromatic heterocycles. The Morgan fingerprint density at radius 1 is 1.09 bits per heavy atom. The summed E-state index contributed by atoms with van der Waals surface area (Å²) in [4.78, 5) is 23.2. The van der Waals surface area contributed by atoms with Gasteiger partial charge in [0.2, 0.25) is 5.91 Å². The van der Waals surface area contributed by atoms with Gasteiger partial charge in [0.15, 0.2) is 0 Å². The molecule has 0 aliphatic rings. The van der Waals surface area contributed by atoms with Crippen molar-refractivity contribution in [3.05, 3.63) is 57.6 Å². The van der Waals surface area contributed by atoms with Crippen LogP contribution in [0.4, 0.5) is 5.69 Å². The first-order valence-corrected chi connectivity index (χ1v) is 6.92. The number of hydrogen-bond donors (Lipinski definition) is 2. The number of nitrogens with two attached hydrogens (primary N) is 1. The zero-order chi connectivity index (χ0) is 16.3. The van der Waals surface area contributed by atoms with Crippen molar-refractivity contribution in [1.29, 1.82) is 0 Å². The van der Waals surface area contributed by atoms with Crippen LogP contribution in [0.1, 0.15) is 20.7 Å². The number of methoxy groups -OCH3 is 1. The molecule has 0 atom stereocenters. The molecule has 22 heavy (non-hydrogen) atoms. The van der Waals surface area contributed by atoms with Gasteiger partial charge in [-0.15, -0.1) is 0 Å². The molecule has 5 nitrogen and oxygen atoms in total. The summed E-state index contributed by atoms with van der Waals surface area (Å²) in [7, 11) is 1.46. The molecule has 0 aliphatic heterocycles. The van der Waals surface area contributed by atoms with E-state index in [1.54, 1.807) is 12.1 Å². The maximum absolute atomic E-state index is 12.2. The van der Waals surface area contributed by atoms with Crippen LogP contribution in [0.3, 0.4) is 0 Å². The van der Waals surface area contributed by atoms with E-state index in [9.17, 15) is 9.59 Å². The smallest absolute Gasteiger partial charge is 0.257 e. The molecular weight excluding hydrogens is 327 g/mol. The Hall–Kier alpha value is -2.24. The molecule has 0 fully saturated rings. The number of primary amides is 1. The molecule has 2 aromatic rings. The summed E-state index contributed by atoms with van der Waals surface area (Å²) in [6, 6.07) is 9.06. The van der Waals surface area contributed by atoms with Gasteiger partial charge < -0.3 is 15.8 Å². The lowest BCUT2D eigenvalue weighted by Gasteiger charge is -2.10. The van der Waals surface area contributed by atoms with Crippen LogP contribution in [-0.4, -0.2) is 18.9 Å². The van der Waals surface area contributed by atoms with Gasteiger partial charge >= 0.3 is 0 Å². The molecule has 2 rings (SSSR count). The minimum atomic E-state index is -0.539. The van der Waals surface area contributed by atoms with Crippen LogP contribution in [0, 0.1) is 0 Å². The number of halogens is 2. The molecule has 0 unspecified atom stereocenters. The van der Waals surface area contributed by atoms with Gasteiger partial charge in [-0.1, -0.05) is 23.2 Å². The average molecular weight is 339 g/mol. The van der Waals surface area contributed by atoms with Crippen LogP contribution in [-0.2, 0) is 0 Å². The quantitative estimate of drug-likeness (QED) is 0.896. The minimum absolute atomic E-state index is 0.214. The first-order valence-electron chi connectivity index (χ1n) is 6.16. The molecule has 2 amide bonds. The summed E-state index contributed by atoms with van der Waals surface area (Å²) in [5.74, 6) is -0.585. The summed E-state index contributed by atoms with van der Waals surface area (Å²) < 4.78 is 5.02. The van der Waals surface area contributed by atoms with Gasteiger partial charge in [0.05, 0.1) is 22.7 Å². The van der Waals surface area contributed by atoms with Gasteiger partial charge in [0.25, 0.3) is 5.91 Å². The number of rotatable bonds is 4. The number of nitrogens with one attached hydrogen (secondary N) is 1. The van der Waals surface area contributed by atoms with E-state index in [-0.39, 0.29) is 15.6 Å². The molecule has 2 aromatic carbocycles. The third-order valence-corrected chi connectivity index (χ3v) is 3.52. The Bertz CT molecular complexity index is 730. The minimum Gasteiger partial charge on any atom is -0.495 e. The lowest BCUT2D eigenvalue weighted by Crippen LogP contribution is -2.14. The maximum Gasteiger partial charge on any atom is 0.257 e. The largest absolute Gasteiger partial charge is 0.495 e. The SMILES string of the molecule is COc1cc(Cl)c(C(=O)Nc2ccc(C(N)=O)cc2)cc1Cl. The van der Waals surface area contributed by atoms with Crippen molar-refractivity contribution < 1.29 is 14.3 Å². The van der Waals surface area contributed by atoms with Crippen LogP contribution in [0.15, 0.2) is 36.4 Å². The molecule has 0 saturated heterocycles. The number of ether oxygens (including phenoxy) is 1. The van der Waals surface area contributed by atoms with E-state index >= 15 is 0 Å². The molecule has 3 N–H and O–H groups in total. The van der Waals surface area contributed by atoms with Crippen LogP contribution in [0.2, 0.25) is 10.0 Å². The number of benzene rings is 2. The first kappa shape index (κ1) is 16.1. The molecule has 0 radical (unpaired) electrons. The first-order chi connectivity index (χ1) is 10.4. The summed E-state index contributed by atoms with van der Waals surface area (Å²) >= 11 is 12.0. The third kappa shape index (κ3) is 3.50. The molecule has 0 bridgehead atoms. The molecule has 7 heteroatoms. The Balaban J connectivity index is 2.22. The highest BCUT2D eigenvalue weighted by molar-refractivity contribution is 6.37. The average Bonchev–Trinajstić information content (AvgIpc) is 2.49. The fraction of sp³-hybridized carbons (Fsp3) is 0.0667. The fourth-order valence-corrected chi connectivity index (χ4v) is 2.26. The normalized spacial score (nSPS) is 10.1. The summed E-state index contributed by atoms with van der Waals surface area (Å²) in [5.41, 5.74) is 6.21. The Morgan fingerprint density at radius 2 is 1.73 bits per heavy atom. The highest BCUT2D eigenvalue weighted by Gasteiger charge is 2.15. The summed E-state index contributed by atoms with van der Waals surface area (Å²) in [5, 5.41) is 3.15. The van der Waals surface area contributed by atoms with Crippen LogP contribution >= 0.6 is 23.2 Å². The molecule has 0 heterocycles. The Morgan fingerprint density at radius 3 is 2.27 bits per heavy atom. The highest BCUT2D eigenvalue weighted by Crippen LogP contribution is 2.31. The van der Waals surface area contributed by atoms with Gasteiger partial charge in [0, 0.05) is 17.3 Å². The summed E-state index contributed by atoms with van der Waals surface area (Å²) in [6.07, 6.45) is 0. The van der Waals surface area contributed by atoms with Crippen molar-refractivity contribution in [2.75, 3.05) is 12.4 Å². The van der Waals surface area contributed by atoms with Crippen molar-refractivity contribution in [3.63, 3.8) is 0 Å².